The van der Waals surface area contributed by atoms with Crippen LogP contribution < -0.4 is 10.6 Å². The molecule has 0 fully saturated rings. The number of rotatable bonds is 10. The monoisotopic (exact) mass is 305 g/mol. The number of carbonyl (C=O) groups excluding carboxylic acids is 1. The van der Waals surface area contributed by atoms with E-state index >= 15 is 0 Å². The van der Waals surface area contributed by atoms with E-state index in [4.69, 9.17) is 5.11 Å². The van der Waals surface area contributed by atoms with Gasteiger partial charge in [-0.3, -0.25) is 0 Å². The first-order valence-electron chi connectivity index (χ1n) is 6.88. The second-order valence-electron chi connectivity index (χ2n) is 4.81. The summed E-state index contributed by atoms with van der Waals surface area (Å²) in [7, 11) is 2.01. The van der Waals surface area contributed by atoms with Crippen LogP contribution in [0.4, 0.5) is 4.79 Å². The Morgan fingerprint density at radius 3 is 2.55 bits per heavy atom. The lowest BCUT2D eigenvalue weighted by Gasteiger charge is -2.23. The van der Waals surface area contributed by atoms with Crippen molar-refractivity contribution in [2.75, 3.05) is 32.1 Å². The van der Waals surface area contributed by atoms with E-state index in [1.165, 1.54) is 0 Å². The zero-order valence-corrected chi connectivity index (χ0v) is 13.6. The second-order valence-corrected chi connectivity index (χ2v) is 5.80. The molecule has 2 amide bonds. The molecule has 0 saturated heterocycles. The molecule has 6 nitrogen and oxygen atoms in total. The van der Waals surface area contributed by atoms with E-state index in [0.29, 0.717) is 24.8 Å². The molecule has 20 heavy (non-hydrogen) atoms. The molecule has 0 bridgehead atoms. The van der Waals surface area contributed by atoms with Gasteiger partial charge in [0, 0.05) is 19.1 Å². The maximum Gasteiger partial charge on any atom is 0.326 e. The quantitative estimate of drug-likeness (QED) is 0.565. The third-order valence-corrected chi connectivity index (χ3v) is 3.95. The van der Waals surface area contributed by atoms with Gasteiger partial charge < -0.3 is 20.6 Å². The topological polar surface area (TPSA) is 81.7 Å². The van der Waals surface area contributed by atoms with Crippen LogP contribution in [0.5, 0.6) is 0 Å². The number of carboxylic acids is 1. The lowest BCUT2D eigenvalue weighted by atomic mass is 10.2. The molecule has 7 heteroatoms. The third kappa shape index (κ3) is 8.27. The van der Waals surface area contributed by atoms with Crippen molar-refractivity contribution in [1.29, 1.82) is 0 Å². The van der Waals surface area contributed by atoms with Crippen molar-refractivity contribution in [3.8, 4) is 0 Å². The SMILES string of the molecule is CCC(C)N(C)CCNC(=O)N[C@H](CCSC)C(=O)O. The summed E-state index contributed by atoms with van der Waals surface area (Å²) in [5.74, 6) is -0.292. The number of nitrogens with zero attached hydrogens (tertiary/aromatic N) is 1. The number of urea groups is 1. The summed E-state index contributed by atoms with van der Waals surface area (Å²) in [5.41, 5.74) is 0. The number of aliphatic carboxylic acids is 1. The van der Waals surface area contributed by atoms with Gasteiger partial charge in [0.05, 0.1) is 0 Å². The first kappa shape index (κ1) is 19.1. The number of hydrogen-bond donors (Lipinski definition) is 3. The van der Waals surface area contributed by atoms with Gasteiger partial charge in [0.1, 0.15) is 6.04 Å². The third-order valence-electron chi connectivity index (χ3n) is 3.31. The number of carboxylic acid groups (broad SMARTS) is 1. The van der Waals surface area contributed by atoms with Gasteiger partial charge in [-0.2, -0.15) is 11.8 Å². The Bertz CT molecular complexity index is 303. The molecule has 0 rings (SSSR count). The second kappa shape index (κ2) is 10.8. The summed E-state index contributed by atoms with van der Waals surface area (Å²) in [4.78, 5) is 24.8. The molecule has 0 spiro atoms. The van der Waals surface area contributed by atoms with Gasteiger partial charge in [-0.1, -0.05) is 6.92 Å². The van der Waals surface area contributed by atoms with E-state index in [1.54, 1.807) is 11.8 Å². The summed E-state index contributed by atoms with van der Waals surface area (Å²) in [6, 6.07) is -0.779. The minimum atomic E-state index is -0.995. The van der Waals surface area contributed by atoms with Crippen molar-refractivity contribution in [2.24, 2.45) is 0 Å². The number of hydrogen-bond acceptors (Lipinski definition) is 4. The number of likely N-dealkylation sites (N-methyl/N-ethyl adjacent to an activating group) is 1. The van der Waals surface area contributed by atoms with Crippen LogP contribution in [0.25, 0.3) is 0 Å². The van der Waals surface area contributed by atoms with Gasteiger partial charge in [0.15, 0.2) is 0 Å². The molecular weight excluding hydrogens is 278 g/mol. The highest BCUT2D eigenvalue weighted by Gasteiger charge is 2.19. The molecule has 0 aliphatic rings. The fourth-order valence-electron chi connectivity index (χ4n) is 1.58. The smallest absolute Gasteiger partial charge is 0.326 e. The summed E-state index contributed by atoms with van der Waals surface area (Å²) < 4.78 is 0. The molecule has 0 radical (unpaired) electrons. The molecule has 118 valence electrons. The first-order chi connectivity index (χ1) is 9.42. The highest BCUT2D eigenvalue weighted by molar-refractivity contribution is 7.98. The highest BCUT2D eigenvalue weighted by atomic mass is 32.2. The predicted molar refractivity (Wildman–Crippen MR) is 83.3 cm³/mol. The summed E-state index contributed by atoms with van der Waals surface area (Å²) in [5, 5.41) is 14.2. The van der Waals surface area contributed by atoms with Gasteiger partial charge >= 0.3 is 12.0 Å². The molecule has 0 aliphatic heterocycles. The Morgan fingerprint density at radius 2 is 2.05 bits per heavy atom. The predicted octanol–water partition coefficient (Wildman–Crippen LogP) is 1.22. The van der Waals surface area contributed by atoms with Crippen LogP contribution in [-0.4, -0.2) is 66.2 Å². The van der Waals surface area contributed by atoms with E-state index in [0.717, 1.165) is 13.0 Å². The van der Waals surface area contributed by atoms with Crippen LogP contribution in [0, 0.1) is 0 Å². The Kier molecular flexibility index (Phi) is 10.3. The van der Waals surface area contributed by atoms with Crippen molar-refractivity contribution >= 4 is 23.8 Å². The fourth-order valence-corrected chi connectivity index (χ4v) is 2.05. The van der Waals surface area contributed by atoms with Gasteiger partial charge in [0.2, 0.25) is 0 Å². The van der Waals surface area contributed by atoms with E-state index < -0.39 is 18.0 Å². The van der Waals surface area contributed by atoms with E-state index in [-0.39, 0.29) is 0 Å². The molecule has 0 saturated carbocycles. The van der Waals surface area contributed by atoms with Gasteiger partial charge in [0.25, 0.3) is 0 Å². The largest absolute Gasteiger partial charge is 0.480 e. The molecule has 0 heterocycles. The Hall–Kier alpha value is -0.950. The molecule has 0 aromatic heterocycles. The van der Waals surface area contributed by atoms with Gasteiger partial charge in [-0.05, 0) is 38.8 Å². The normalized spacial score (nSPS) is 13.8. The van der Waals surface area contributed by atoms with Crippen molar-refractivity contribution in [2.45, 2.75) is 38.8 Å². The highest BCUT2D eigenvalue weighted by Crippen LogP contribution is 2.01. The number of carbonyl (C=O) groups is 2. The van der Waals surface area contributed by atoms with Crippen LogP contribution in [0.1, 0.15) is 26.7 Å². The molecule has 0 aromatic rings. The fraction of sp³-hybridized carbons (Fsp3) is 0.846. The van der Waals surface area contributed by atoms with E-state index in [1.807, 2.05) is 13.3 Å². The minimum absolute atomic E-state index is 0.420. The summed E-state index contributed by atoms with van der Waals surface area (Å²) in [6.07, 6.45) is 3.39. The van der Waals surface area contributed by atoms with Gasteiger partial charge in [-0.15, -0.1) is 0 Å². The zero-order chi connectivity index (χ0) is 15.5. The minimum Gasteiger partial charge on any atom is -0.480 e. The average Bonchev–Trinajstić information content (AvgIpc) is 2.41. The summed E-state index contributed by atoms with van der Waals surface area (Å²) in [6.45, 7) is 5.49. The molecule has 0 aliphatic carbocycles. The van der Waals surface area contributed by atoms with E-state index in [2.05, 4.69) is 29.4 Å². The Labute approximate surface area is 125 Å². The standard InChI is InChI=1S/C13H27N3O3S/c1-5-10(2)16(3)8-7-14-13(19)15-11(12(17)18)6-9-20-4/h10-11H,5-9H2,1-4H3,(H,17,18)(H2,14,15,19)/t10?,11-/m1/s1. The number of amides is 2. The average molecular weight is 305 g/mol. The van der Waals surface area contributed by atoms with E-state index in [9.17, 15) is 9.59 Å². The molecule has 3 N–H and O–H groups in total. The lowest BCUT2D eigenvalue weighted by molar-refractivity contribution is -0.139. The Morgan fingerprint density at radius 1 is 1.40 bits per heavy atom. The molecule has 0 aromatic carbocycles. The Balaban J connectivity index is 3.99. The zero-order valence-electron chi connectivity index (χ0n) is 12.8. The number of thioether (sulfide) groups is 1. The molecule has 2 atom stereocenters. The van der Waals surface area contributed by atoms with Crippen LogP contribution in [-0.2, 0) is 4.79 Å². The molecular formula is C13H27N3O3S. The van der Waals surface area contributed by atoms with Crippen LogP contribution in [0.15, 0.2) is 0 Å². The summed E-state index contributed by atoms with van der Waals surface area (Å²) >= 11 is 1.56. The van der Waals surface area contributed by atoms with Crippen molar-refractivity contribution < 1.29 is 14.7 Å². The van der Waals surface area contributed by atoms with Crippen molar-refractivity contribution in [3.63, 3.8) is 0 Å². The van der Waals surface area contributed by atoms with Crippen LogP contribution in [0.3, 0.4) is 0 Å². The molecule has 1 unspecified atom stereocenters. The number of nitrogens with one attached hydrogen (secondary N) is 2. The first-order valence-corrected chi connectivity index (χ1v) is 8.28. The van der Waals surface area contributed by atoms with Crippen LogP contribution in [0.2, 0.25) is 0 Å². The van der Waals surface area contributed by atoms with Crippen molar-refractivity contribution in [1.82, 2.24) is 15.5 Å². The van der Waals surface area contributed by atoms with Crippen LogP contribution >= 0.6 is 11.8 Å². The lowest BCUT2D eigenvalue weighted by Crippen LogP contribution is -2.48. The van der Waals surface area contributed by atoms with Crippen molar-refractivity contribution in [3.05, 3.63) is 0 Å². The van der Waals surface area contributed by atoms with Gasteiger partial charge in [-0.25, -0.2) is 9.59 Å². The maximum atomic E-state index is 11.6. The maximum absolute atomic E-state index is 11.6.